The number of nitriles is 1. The molecule has 0 saturated carbocycles. The molecule has 0 bridgehead atoms. The van der Waals surface area contributed by atoms with Crippen molar-refractivity contribution in [1.82, 2.24) is 0 Å². The van der Waals surface area contributed by atoms with Gasteiger partial charge in [-0.05, 0) is 60.7 Å². The van der Waals surface area contributed by atoms with E-state index in [1.165, 1.54) is 22.9 Å². The van der Waals surface area contributed by atoms with E-state index < -0.39 is 0 Å². The molecule has 3 aromatic carbocycles. The second-order valence-corrected chi connectivity index (χ2v) is 7.72. The van der Waals surface area contributed by atoms with Crippen LogP contribution in [0.1, 0.15) is 36.0 Å². The van der Waals surface area contributed by atoms with E-state index in [1.807, 2.05) is 30.3 Å². The zero-order valence-electron chi connectivity index (χ0n) is 16.9. The van der Waals surface area contributed by atoms with Gasteiger partial charge in [-0.15, -0.1) is 0 Å². The minimum Gasteiger partial charge on any atom is -0.489 e. The summed E-state index contributed by atoms with van der Waals surface area (Å²) in [7, 11) is 0. The number of hydrogen-bond acceptors (Lipinski definition) is 3. The lowest BCUT2D eigenvalue weighted by Gasteiger charge is -2.25. The summed E-state index contributed by atoms with van der Waals surface area (Å²) in [5.41, 5.74) is 4.20. The van der Waals surface area contributed by atoms with E-state index in [9.17, 15) is 4.39 Å². The maximum Gasteiger partial charge on any atom is 0.129 e. The molecule has 3 nitrogen and oxygen atoms in total. The van der Waals surface area contributed by atoms with Crippen LogP contribution in [-0.2, 0) is 13.0 Å². The second kappa shape index (κ2) is 9.45. The molecule has 1 aliphatic heterocycles. The van der Waals surface area contributed by atoms with Crippen molar-refractivity contribution in [3.63, 3.8) is 0 Å². The quantitative estimate of drug-likeness (QED) is 0.497. The Labute approximate surface area is 177 Å². The fraction of sp³-hybridized carbons (Fsp3) is 0.269. The summed E-state index contributed by atoms with van der Waals surface area (Å²) in [5.74, 6) is 0.486. The molecule has 1 saturated heterocycles. The first-order chi connectivity index (χ1) is 14.7. The Kier molecular flexibility index (Phi) is 6.29. The number of benzene rings is 3. The lowest BCUT2D eigenvalue weighted by atomic mass is 10.0. The maximum atomic E-state index is 13.7. The van der Waals surface area contributed by atoms with Crippen molar-refractivity contribution < 1.29 is 9.13 Å². The maximum absolute atomic E-state index is 13.7. The summed E-state index contributed by atoms with van der Waals surface area (Å²) in [5, 5.41) is 9.02. The first kappa shape index (κ1) is 20.0. The van der Waals surface area contributed by atoms with Crippen LogP contribution in [0.3, 0.4) is 0 Å². The zero-order chi connectivity index (χ0) is 20.8. The first-order valence-electron chi connectivity index (χ1n) is 10.4. The molecular formula is C26H25FN2O. The Morgan fingerprint density at radius 3 is 2.37 bits per heavy atom. The summed E-state index contributed by atoms with van der Waals surface area (Å²) >= 11 is 0. The van der Waals surface area contributed by atoms with Crippen LogP contribution in [0.4, 0.5) is 10.1 Å². The topological polar surface area (TPSA) is 36.3 Å². The van der Waals surface area contributed by atoms with E-state index in [0.29, 0.717) is 18.0 Å². The van der Waals surface area contributed by atoms with Crippen LogP contribution in [0.15, 0.2) is 72.8 Å². The molecule has 1 aliphatic rings. The Hall–Kier alpha value is -3.32. The van der Waals surface area contributed by atoms with Gasteiger partial charge >= 0.3 is 0 Å². The van der Waals surface area contributed by atoms with Crippen molar-refractivity contribution >= 4 is 5.69 Å². The minimum atomic E-state index is -0.245. The molecule has 1 unspecified atom stereocenters. The molecule has 4 rings (SSSR count). The minimum absolute atomic E-state index is 0.219. The zero-order valence-corrected chi connectivity index (χ0v) is 16.9. The number of hydrogen-bond donors (Lipinski definition) is 0. The van der Waals surface area contributed by atoms with Crippen LogP contribution in [0.5, 0.6) is 5.75 Å². The normalized spacial score (nSPS) is 15.7. The van der Waals surface area contributed by atoms with Gasteiger partial charge in [0.25, 0.3) is 0 Å². The molecule has 1 atom stereocenters. The van der Waals surface area contributed by atoms with Gasteiger partial charge in [-0.25, -0.2) is 4.39 Å². The van der Waals surface area contributed by atoms with Crippen LogP contribution in [0.25, 0.3) is 0 Å². The summed E-state index contributed by atoms with van der Waals surface area (Å²) in [6.07, 6.45) is 3.68. The largest absolute Gasteiger partial charge is 0.489 e. The SMILES string of the molecule is N#CCC1CCCN1c1ccc(Cc2ccc(OCc3ccccc3F)cc2)cc1. The van der Waals surface area contributed by atoms with E-state index >= 15 is 0 Å². The number of nitrogens with zero attached hydrogens (tertiary/aromatic N) is 2. The predicted octanol–water partition coefficient (Wildman–Crippen LogP) is 5.88. The predicted molar refractivity (Wildman–Crippen MR) is 117 cm³/mol. The summed E-state index contributed by atoms with van der Waals surface area (Å²) < 4.78 is 19.4. The smallest absolute Gasteiger partial charge is 0.129 e. The Bertz CT molecular complexity index is 1010. The van der Waals surface area contributed by atoms with Crippen LogP contribution >= 0.6 is 0 Å². The highest BCUT2D eigenvalue weighted by Crippen LogP contribution is 2.28. The van der Waals surface area contributed by atoms with Gasteiger partial charge in [0.2, 0.25) is 0 Å². The average molecular weight is 400 g/mol. The highest BCUT2D eigenvalue weighted by Gasteiger charge is 2.24. The molecule has 0 spiro atoms. The molecule has 4 heteroatoms. The monoisotopic (exact) mass is 400 g/mol. The molecule has 30 heavy (non-hydrogen) atoms. The highest BCUT2D eigenvalue weighted by molar-refractivity contribution is 5.50. The van der Waals surface area contributed by atoms with E-state index in [2.05, 4.69) is 35.2 Å². The van der Waals surface area contributed by atoms with Crippen LogP contribution in [-0.4, -0.2) is 12.6 Å². The van der Waals surface area contributed by atoms with Gasteiger partial charge in [-0.2, -0.15) is 5.26 Å². The van der Waals surface area contributed by atoms with Crippen molar-refractivity contribution in [3.8, 4) is 11.8 Å². The van der Waals surface area contributed by atoms with Gasteiger partial charge in [0.1, 0.15) is 18.2 Å². The van der Waals surface area contributed by atoms with Gasteiger partial charge in [0, 0.05) is 23.8 Å². The third-order valence-corrected chi connectivity index (χ3v) is 5.66. The number of halogens is 1. The van der Waals surface area contributed by atoms with Gasteiger partial charge in [-0.1, -0.05) is 42.5 Å². The molecule has 0 N–H and O–H groups in total. The lowest BCUT2D eigenvalue weighted by molar-refractivity contribution is 0.300. The summed E-state index contributed by atoms with van der Waals surface area (Å²) in [6, 6.07) is 25.9. The van der Waals surface area contributed by atoms with Crippen LogP contribution in [0, 0.1) is 17.1 Å². The molecule has 0 aromatic heterocycles. The molecule has 1 heterocycles. The fourth-order valence-electron chi connectivity index (χ4n) is 4.01. The van der Waals surface area contributed by atoms with E-state index in [1.54, 1.807) is 12.1 Å². The number of ether oxygens (including phenoxy) is 1. The highest BCUT2D eigenvalue weighted by atomic mass is 19.1. The van der Waals surface area contributed by atoms with Gasteiger partial charge in [0.15, 0.2) is 0 Å². The Balaban J connectivity index is 1.34. The Morgan fingerprint density at radius 1 is 0.967 bits per heavy atom. The molecule has 0 aliphatic carbocycles. The number of rotatable bonds is 7. The molecule has 152 valence electrons. The van der Waals surface area contributed by atoms with Gasteiger partial charge < -0.3 is 9.64 Å². The third-order valence-electron chi connectivity index (χ3n) is 5.66. The van der Waals surface area contributed by atoms with E-state index in [0.717, 1.165) is 31.6 Å². The van der Waals surface area contributed by atoms with Crippen molar-refractivity contribution in [2.45, 2.75) is 38.3 Å². The number of anilines is 1. The molecule has 0 amide bonds. The Morgan fingerprint density at radius 2 is 1.67 bits per heavy atom. The first-order valence-corrected chi connectivity index (χ1v) is 10.4. The van der Waals surface area contributed by atoms with Gasteiger partial charge in [-0.3, -0.25) is 0 Å². The second-order valence-electron chi connectivity index (χ2n) is 7.72. The standard InChI is InChI=1S/C26H25FN2O/c27-26-6-2-1-4-22(26)19-30-25-13-9-21(10-14-25)18-20-7-11-24(12-8-20)29-17-3-5-23(29)15-16-28/h1-2,4,6-14,23H,3,5,15,17-19H2. The molecular weight excluding hydrogens is 375 g/mol. The van der Waals surface area contributed by atoms with Crippen LogP contribution in [0.2, 0.25) is 0 Å². The van der Waals surface area contributed by atoms with Gasteiger partial charge in [0.05, 0.1) is 12.5 Å². The van der Waals surface area contributed by atoms with E-state index in [-0.39, 0.29) is 12.4 Å². The molecule has 3 aromatic rings. The van der Waals surface area contributed by atoms with Crippen LogP contribution < -0.4 is 9.64 Å². The third kappa shape index (κ3) is 4.80. The summed E-state index contributed by atoms with van der Waals surface area (Å²) in [6.45, 7) is 1.25. The fourth-order valence-corrected chi connectivity index (χ4v) is 4.01. The summed E-state index contributed by atoms with van der Waals surface area (Å²) in [4.78, 5) is 2.36. The molecule has 0 radical (unpaired) electrons. The van der Waals surface area contributed by atoms with Crippen molar-refractivity contribution in [3.05, 3.63) is 95.3 Å². The van der Waals surface area contributed by atoms with Crippen molar-refractivity contribution in [1.29, 1.82) is 5.26 Å². The van der Waals surface area contributed by atoms with Crippen molar-refractivity contribution in [2.75, 3.05) is 11.4 Å². The van der Waals surface area contributed by atoms with E-state index in [4.69, 9.17) is 10.00 Å². The average Bonchev–Trinajstić information content (AvgIpc) is 3.23. The molecule has 1 fully saturated rings. The lowest BCUT2D eigenvalue weighted by Crippen LogP contribution is -2.28. The van der Waals surface area contributed by atoms with Crippen molar-refractivity contribution in [2.24, 2.45) is 0 Å².